The fourth-order valence-corrected chi connectivity index (χ4v) is 3.18. The lowest BCUT2D eigenvalue weighted by Gasteiger charge is -1.90. The molecule has 1 aromatic rings. The molecule has 0 fully saturated rings. The molecule has 0 bridgehead atoms. The van der Waals surface area contributed by atoms with Gasteiger partial charge < -0.3 is 0 Å². The number of thioether (sulfide) groups is 1. The molecule has 4 heteroatoms. The van der Waals surface area contributed by atoms with Gasteiger partial charge in [0.05, 0.1) is 13.7 Å². The van der Waals surface area contributed by atoms with Gasteiger partial charge in [0.1, 0.15) is 5.78 Å². The molecule has 11 heavy (non-hydrogen) atoms. The van der Waals surface area contributed by atoms with Crippen molar-refractivity contribution in [2.24, 2.45) is 0 Å². The molecule has 1 heterocycles. The Morgan fingerprint density at radius 3 is 2.91 bits per heavy atom. The molecule has 0 aliphatic carbocycles. The fraction of sp³-hybridized carbons (Fsp3) is 0.286. The lowest BCUT2D eigenvalue weighted by Crippen LogP contribution is -1.91. The number of halogens is 1. The molecule has 0 saturated heterocycles. The molecule has 1 rings (SSSR count). The van der Waals surface area contributed by atoms with E-state index >= 15 is 0 Å². The van der Waals surface area contributed by atoms with Crippen molar-refractivity contribution in [2.45, 2.75) is 11.1 Å². The van der Waals surface area contributed by atoms with Crippen LogP contribution >= 0.6 is 39.0 Å². The molecular weight excluding hydrogens is 244 g/mol. The van der Waals surface area contributed by atoms with Crippen molar-refractivity contribution in [1.29, 1.82) is 0 Å². The van der Waals surface area contributed by atoms with Crippen LogP contribution in [0.4, 0.5) is 0 Å². The summed E-state index contributed by atoms with van der Waals surface area (Å²) >= 11 is 6.60. The van der Waals surface area contributed by atoms with Gasteiger partial charge in [0.15, 0.2) is 0 Å². The first kappa shape index (κ1) is 9.29. The average Bonchev–Trinajstić information content (AvgIpc) is 2.31. The highest BCUT2D eigenvalue weighted by atomic mass is 79.9. The number of Topliss-reactive ketones (excluding diaryl/α,β-unsaturated/α-hetero) is 1. The zero-order chi connectivity index (χ0) is 8.27. The van der Waals surface area contributed by atoms with Gasteiger partial charge in [-0.25, -0.2) is 0 Å². The van der Waals surface area contributed by atoms with Crippen molar-refractivity contribution < 1.29 is 4.79 Å². The summed E-state index contributed by atoms with van der Waals surface area (Å²) in [7, 11) is 0. The minimum absolute atomic E-state index is 0.222. The summed E-state index contributed by atoms with van der Waals surface area (Å²) in [6, 6.07) is 4.01. The third-order valence-electron chi connectivity index (χ3n) is 0.966. The molecular formula is C7H7BrOS2. The molecule has 1 aromatic heterocycles. The van der Waals surface area contributed by atoms with E-state index in [0.29, 0.717) is 5.75 Å². The molecule has 0 amide bonds. The Hall–Kier alpha value is 0.200. The van der Waals surface area contributed by atoms with Crippen molar-refractivity contribution in [3.05, 3.63) is 15.9 Å². The summed E-state index contributed by atoms with van der Waals surface area (Å²) < 4.78 is 2.30. The van der Waals surface area contributed by atoms with Crippen LogP contribution in [-0.2, 0) is 4.79 Å². The number of carbonyl (C=O) groups is 1. The number of rotatable bonds is 3. The predicted octanol–water partition coefficient (Wildman–Crippen LogP) is 3.19. The van der Waals surface area contributed by atoms with E-state index in [1.165, 1.54) is 4.21 Å². The Morgan fingerprint density at radius 2 is 2.45 bits per heavy atom. The highest BCUT2D eigenvalue weighted by molar-refractivity contribution is 9.11. The molecule has 0 atom stereocenters. The molecule has 0 spiro atoms. The minimum atomic E-state index is 0.222. The van der Waals surface area contributed by atoms with Gasteiger partial charge in [-0.2, -0.15) is 0 Å². The van der Waals surface area contributed by atoms with Gasteiger partial charge in [0.2, 0.25) is 0 Å². The van der Waals surface area contributed by atoms with Crippen molar-refractivity contribution in [3.8, 4) is 0 Å². The van der Waals surface area contributed by atoms with Crippen LogP contribution in [0.2, 0.25) is 0 Å². The standard InChI is InChI=1S/C7H7BrOS2/c1-5(9)4-10-7-3-2-6(8)11-7/h2-3H,4H2,1H3. The second-order valence-electron chi connectivity index (χ2n) is 2.05. The first-order valence-corrected chi connectivity index (χ1v) is 5.65. The number of hydrogen-bond acceptors (Lipinski definition) is 3. The summed E-state index contributed by atoms with van der Waals surface area (Å²) in [5.41, 5.74) is 0. The quantitative estimate of drug-likeness (QED) is 0.767. The van der Waals surface area contributed by atoms with Gasteiger partial charge in [-0.1, -0.05) is 0 Å². The van der Waals surface area contributed by atoms with Crippen molar-refractivity contribution in [1.82, 2.24) is 0 Å². The highest BCUT2D eigenvalue weighted by Crippen LogP contribution is 2.30. The summed E-state index contributed by atoms with van der Waals surface area (Å²) in [5.74, 6) is 0.798. The van der Waals surface area contributed by atoms with Gasteiger partial charge in [0, 0.05) is 0 Å². The van der Waals surface area contributed by atoms with Crippen LogP contribution in [0.15, 0.2) is 20.1 Å². The maximum absolute atomic E-state index is 10.6. The van der Waals surface area contributed by atoms with Crippen LogP contribution in [0, 0.1) is 0 Å². The van der Waals surface area contributed by atoms with E-state index in [1.54, 1.807) is 30.0 Å². The van der Waals surface area contributed by atoms with Gasteiger partial charge in [-0.15, -0.1) is 23.1 Å². The number of hydrogen-bond donors (Lipinski definition) is 0. The van der Waals surface area contributed by atoms with Crippen molar-refractivity contribution in [3.63, 3.8) is 0 Å². The largest absolute Gasteiger partial charge is 0.299 e. The van der Waals surface area contributed by atoms with Crippen LogP contribution in [0.25, 0.3) is 0 Å². The first-order chi connectivity index (χ1) is 5.18. The first-order valence-electron chi connectivity index (χ1n) is 3.06. The average molecular weight is 251 g/mol. The van der Waals surface area contributed by atoms with E-state index in [4.69, 9.17) is 0 Å². The summed E-state index contributed by atoms with van der Waals surface area (Å²) in [6.45, 7) is 1.61. The lowest BCUT2D eigenvalue weighted by molar-refractivity contribution is -0.114. The fourth-order valence-electron chi connectivity index (χ4n) is 0.548. The molecule has 0 aromatic carbocycles. The number of ketones is 1. The zero-order valence-electron chi connectivity index (χ0n) is 5.96. The van der Waals surface area contributed by atoms with E-state index < -0.39 is 0 Å². The maximum atomic E-state index is 10.6. The molecule has 0 aliphatic rings. The topological polar surface area (TPSA) is 17.1 Å². The lowest BCUT2D eigenvalue weighted by atomic mass is 10.5. The van der Waals surface area contributed by atoms with E-state index in [9.17, 15) is 4.79 Å². The van der Waals surface area contributed by atoms with Gasteiger partial charge >= 0.3 is 0 Å². The summed E-state index contributed by atoms with van der Waals surface area (Å²) in [4.78, 5) is 10.6. The smallest absolute Gasteiger partial charge is 0.140 e. The number of carbonyl (C=O) groups excluding carboxylic acids is 1. The highest BCUT2D eigenvalue weighted by Gasteiger charge is 1.99. The van der Waals surface area contributed by atoms with Crippen LogP contribution in [0.1, 0.15) is 6.92 Å². The van der Waals surface area contributed by atoms with Crippen LogP contribution in [0.5, 0.6) is 0 Å². The van der Waals surface area contributed by atoms with Crippen LogP contribution in [0.3, 0.4) is 0 Å². The summed E-state index contributed by atoms with van der Waals surface area (Å²) in [6.07, 6.45) is 0. The van der Waals surface area contributed by atoms with Crippen molar-refractivity contribution in [2.75, 3.05) is 5.75 Å². The third kappa shape index (κ3) is 3.40. The van der Waals surface area contributed by atoms with Gasteiger partial charge in [-0.05, 0) is 35.0 Å². The van der Waals surface area contributed by atoms with E-state index in [2.05, 4.69) is 15.9 Å². The van der Waals surface area contributed by atoms with Gasteiger partial charge in [0.25, 0.3) is 0 Å². The molecule has 1 nitrogen and oxygen atoms in total. The van der Waals surface area contributed by atoms with E-state index in [-0.39, 0.29) is 5.78 Å². The molecule has 0 unspecified atom stereocenters. The molecule has 60 valence electrons. The molecule has 0 N–H and O–H groups in total. The third-order valence-corrected chi connectivity index (χ3v) is 3.96. The van der Waals surface area contributed by atoms with E-state index in [1.807, 2.05) is 12.1 Å². The molecule has 0 saturated carbocycles. The van der Waals surface area contributed by atoms with Gasteiger partial charge in [-0.3, -0.25) is 4.79 Å². The second-order valence-corrected chi connectivity index (χ2v) is 5.79. The monoisotopic (exact) mass is 250 g/mol. The van der Waals surface area contributed by atoms with Crippen molar-refractivity contribution >= 4 is 44.8 Å². The Bertz CT molecular complexity index is 257. The Labute approximate surface area is 82.3 Å². The van der Waals surface area contributed by atoms with Crippen LogP contribution in [-0.4, -0.2) is 11.5 Å². The normalized spacial score (nSPS) is 10.0. The maximum Gasteiger partial charge on any atom is 0.140 e. The number of thiophene rings is 1. The van der Waals surface area contributed by atoms with Crippen LogP contribution < -0.4 is 0 Å². The molecule has 0 aliphatic heterocycles. The zero-order valence-corrected chi connectivity index (χ0v) is 9.18. The SMILES string of the molecule is CC(=O)CSc1ccc(Br)s1. The predicted molar refractivity (Wildman–Crippen MR) is 53.4 cm³/mol. The Balaban J connectivity index is 2.45. The molecule has 0 radical (unpaired) electrons. The second kappa shape index (κ2) is 4.28. The minimum Gasteiger partial charge on any atom is -0.299 e. The summed E-state index contributed by atoms with van der Waals surface area (Å²) in [5, 5.41) is 0. The Kier molecular flexibility index (Phi) is 3.62. The van der Waals surface area contributed by atoms with E-state index in [0.717, 1.165) is 3.79 Å². The Morgan fingerprint density at radius 1 is 1.73 bits per heavy atom.